The van der Waals surface area contributed by atoms with E-state index in [4.69, 9.17) is 0 Å². The number of nitrogens with zero attached hydrogens (tertiary/aromatic N) is 3. The number of carbonyl (C=O) groups is 1. The molecule has 3 aromatic rings. The zero-order valence-electron chi connectivity index (χ0n) is 10.2. The van der Waals surface area contributed by atoms with Gasteiger partial charge in [-0.25, -0.2) is 9.97 Å². The highest BCUT2D eigenvalue weighted by Gasteiger charge is 2.18. The number of aromatic nitrogens is 3. The van der Waals surface area contributed by atoms with Gasteiger partial charge in [0.1, 0.15) is 10.7 Å². The molecule has 0 saturated heterocycles. The van der Waals surface area contributed by atoms with Gasteiger partial charge in [-0.3, -0.25) is 9.20 Å². The van der Waals surface area contributed by atoms with E-state index >= 15 is 0 Å². The van der Waals surface area contributed by atoms with E-state index in [9.17, 15) is 4.79 Å². The molecular weight excluding hydrogens is 266 g/mol. The molecule has 18 heavy (non-hydrogen) atoms. The van der Waals surface area contributed by atoms with Crippen LogP contribution >= 0.6 is 22.7 Å². The molecule has 6 heteroatoms. The largest absolute Gasteiger partial charge is 0.294 e. The van der Waals surface area contributed by atoms with Crippen LogP contribution in [0.1, 0.15) is 28.0 Å². The fourth-order valence-electron chi connectivity index (χ4n) is 1.98. The predicted octanol–water partition coefficient (Wildman–Crippen LogP) is 3.34. The Labute approximate surface area is 112 Å². The summed E-state index contributed by atoms with van der Waals surface area (Å²) in [6, 6.07) is 0. The number of ketones is 1. The molecule has 0 fully saturated rings. The van der Waals surface area contributed by atoms with Crippen molar-refractivity contribution < 1.29 is 4.79 Å². The van der Waals surface area contributed by atoms with Crippen LogP contribution in [0.4, 0.5) is 0 Å². The van der Waals surface area contributed by atoms with Crippen LogP contribution in [0.2, 0.25) is 0 Å². The van der Waals surface area contributed by atoms with E-state index in [1.165, 1.54) is 11.3 Å². The number of hydrogen-bond donors (Lipinski definition) is 0. The summed E-state index contributed by atoms with van der Waals surface area (Å²) in [7, 11) is 0. The van der Waals surface area contributed by atoms with Crippen molar-refractivity contribution in [3.63, 3.8) is 0 Å². The van der Waals surface area contributed by atoms with E-state index in [0.717, 1.165) is 31.9 Å². The SMILES string of the molecule is CC(=O)c1sc(-c2c(C)nc3sccn23)nc1C. The van der Waals surface area contributed by atoms with Crippen LogP contribution in [0.15, 0.2) is 11.6 Å². The average Bonchev–Trinajstić information content (AvgIpc) is 2.92. The van der Waals surface area contributed by atoms with Crippen molar-refractivity contribution in [1.82, 2.24) is 14.4 Å². The minimum Gasteiger partial charge on any atom is -0.294 e. The molecule has 0 N–H and O–H groups in total. The van der Waals surface area contributed by atoms with E-state index in [0.29, 0.717) is 0 Å². The Kier molecular flexibility index (Phi) is 2.57. The maximum Gasteiger partial charge on any atom is 0.194 e. The molecule has 0 aliphatic heterocycles. The molecule has 3 rings (SSSR count). The summed E-state index contributed by atoms with van der Waals surface area (Å²) >= 11 is 3.04. The molecule has 0 bridgehead atoms. The number of aryl methyl sites for hydroxylation is 2. The number of hydrogen-bond acceptors (Lipinski definition) is 5. The van der Waals surface area contributed by atoms with Crippen LogP contribution in [0, 0.1) is 13.8 Å². The molecule has 0 atom stereocenters. The van der Waals surface area contributed by atoms with E-state index in [1.54, 1.807) is 18.3 Å². The molecule has 3 heterocycles. The third kappa shape index (κ3) is 1.60. The lowest BCUT2D eigenvalue weighted by atomic mass is 10.3. The van der Waals surface area contributed by atoms with Gasteiger partial charge in [-0.1, -0.05) is 0 Å². The van der Waals surface area contributed by atoms with Gasteiger partial charge in [0.2, 0.25) is 0 Å². The highest BCUT2D eigenvalue weighted by Crippen LogP contribution is 2.32. The molecule has 0 radical (unpaired) electrons. The van der Waals surface area contributed by atoms with E-state index in [1.807, 2.05) is 29.8 Å². The maximum atomic E-state index is 11.5. The maximum absolute atomic E-state index is 11.5. The number of rotatable bonds is 2. The lowest BCUT2D eigenvalue weighted by Crippen LogP contribution is -1.89. The van der Waals surface area contributed by atoms with Crippen LogP contribution in [-0.2, 0) is 0 Å². The number of Topliss-reactive ketones (excluding diaryl/α,β-unsaturated/α-hetero) is 1. The Morgan fingerprint density at radius 1 is 1.28 bits per heavy atom. The standard InChI is InChI=1S/C12H11N3OS2/c1-6-9(15-4-5-17-12(15)14-6)11-13-7(2)10(18-11)8(3)16/h4-5H,1-3H3. The van der Waals surface area contributed by atoms with Crippen LogP contribution in [0.5, 0.6) is 0 Å². The Morgan fingerprint density at radius 3 is 2.72 bits per heavy atom. The van der Waals surface area contributed by atoms with Crippen molar-refractivity contribution >= 4 is 33.4 Å². The lowest BCUT2D eigenvalue weighted by molar-refractivity contribution is 0.102. The summed E-state index contributed by atoms with van der Waals surface area (Å²) in [5, 5.41) is 2.86. The molecule has 0 amide bonds. The zero-order valence-corrected chi connectivity index (χ0v) is 11.9. The fourth-order valence-corrected chi connectivity index (χ4v) is 3.79. The Balaban J connectivity index is 2.25. The molecule has 4 nitrogen and oxygen atoms in total. The average molecular weight is 277 g/mol. The number of fused-ring (bicyclic) bond motifs is 1. The third-order valence-corrected chi connectivity index (χ3v) is 4.78. The first kappa shape index (κ1) is 11.6. The van der Waals surface area contributed by atoms with Crippen LogP contribution in [0.25, 0.3) is 15.7 Å². The molecule has 3 aromatic heterocycles. The summed E-state index contributed by atoms with van der Waals surface area (Å²) < 4.78 is 2.03. The van der Waals surface area contributed by atoms with Gasteiger partial charge in [-0.15, -0.1) is 22.7 Å². The van der Waals surface area contributed by atoms with Crippen molar-refractivity contribution in [2.24, 2.45) is 0 Å². The predicted molar refractivity (Wildman–Crippen MR) is 73.7 cm³/mol. The van der Waals surface area contributed by atoms with Crippen molar-refractivity contribution in [2.75, 3.05) is 0 Å². The highest BCUT2D eigenvalue weighted by molar-refractivity contribution is 7.17. The van der Waals surface area contributed by atoms with Crippen LogP contribution in [0.3, 0.4) is 0 Å². The summed E-state index contributed by atoms with van der Waals surface area (Å²) in [5.74, 6) is 0.0694. The Morgan fingerprint density at radius 2 is 2.06 bits per heavy atom. The van der Waals surface area contributed by atoms with Gasteiger partial charge in [0.15, 0.2) is 10.7 Å². The van der Waals surface area contributed by atoms with Crippen molar-refractivity contribution in [3.05, 3.63) is 27.8 Å². The highest BCUT2D eigenvalue weighted by atomic mass is 32.1. The van der Waals surface area contributed by atoms with Crippen LogP contribution in [-0.4, -0.2) is 20.2 Å². The second-order valence-electron chi connectivity index (χ2n) is 4.09. The van der Waals surface area contributed by atoms with Gasteiger partial charge < -0.3 is 0 Å². The van der Waals surface area contributed by atoms with Gasteiger partial charge in [0.25, 0.3) is 0 Å². The van der Waals surface area contributed by atoms with Gasteiger partial charge in [0.05, 0.1) is 16.3 Å². The third-order valence-electron chi connectivity index (χ3n) is 2.76. The monoisotopic (exact) mass is 277 g/mol. The number of carbonyl (C=O) groups excluding carboxylic acids is 1. The van der Waals surface area contributed by atoms with Gasteiger partial charge >= 0.3 is 0 Å². The van der Waals surface area contributed by atoms with Gasteiger partial charge in [0, 0.05) is 18.5 Å². The Hall–Kier alpha value is -1.53. The number of imidazole rings is 1. The normalized spacial score (nSPS) is 11.3. The summed E-state index contributed by atoms with van der Waals surface area (Å²) in [6.07, 6.45) is 1.99. The Bertz CT molecular complexity index is 751. The van der Waals surface area contributed by atoms with E-state index in [-0.39, 0.29) is 5.78 Å². The molecule has 0 saturated carbocycles. The van der Waals surface area contributed by atoms with Crippen molar-refractivity contribution in [3.8, 4) is 10.7 Å². The molecule has 0 aliphatic rings. The van der Waals surface area contributed by atoms with E-state index in [2.05, 4.69) is 9.97 Å². The van der Waals surface area contributed by atoms with Gasteiger partial charge in [-0.05, 0) is 13.8 Å². The van der Waals surface area contributed by atoms with Crippen LogP contribution < -0.4 is 0 Å². The topological polar surface area (TPSA) is 47.3 Å². The second-order valence-corrected chi connectivity index (χ2v) is 5.96. The minimum absolute atomic E-state index is 0.0694. The summed E-state index contributed by atoms with van der Waals surface area (Å²) in [5.41, 5.74) is 2.74. The lowest BCUT2D eigenvalue weighted by Gasteiger charge is -1.94. The fraction of sp³-hybridized carbons (Fsp3) is 0.250. The first-order valence-electron chi connectivity index (χ1n) is 5.49. The summed E-state index contributed by atoms with van der Waals surface area (Å²) in [6.45, 7) is 5.42. The summed E-state index contributed by atoms with van der Waals surface area (Å²) in [4.78, 5) is 22.2. The number of thiazole rings is 2. The molecule has 0 aliphatic carbocycles. The molecular formula is C12H11N3OS2. The minimum atomic E-state index is 0.0694. The second kappa shape index (κ2) is 4.00. The molecule has 0 aromatic carbocycles. The molecule has 0 unspecified atom stereocenters. The smallest absolute Gasteiger partial charge is 0.194 e. The molecule has 92 valence electrons. The first-order valence-corrected chi connectivity index (χ1v) is 7.18. The van der Waals surface area contributed by atoms with Gasteiger partial charge in [-0.2, -0.15) is 0 Å². The van der Waals surface area contributed by atoms with Crippen molar-refractivity contribution in [1.29, 1.82) is 0 Å². The zero-order chi connectivity index (χ0) is 12.9. The first-order chi connectivity index (χ1) is 8.58. The quantitative estimate of drug-likeness (QED) is 0.675. The van der Waals surface area contributed by atoms with E-state index < -0.39 is 0 Å². The molecule has 0 spiro atoms. The van der Waals surface area contributed by atoms with Crippen molar-refractivity contribution in [2.45, 2.75) is 20.8 Å².